The van der Waals surface area contributed by atoms with E-state index >= 15 is 0 Å². The van der Waals surface area contributed by atoms with Crippen molar-refractivity contribution in [3.63, 3.8) is 0 Å². The van der Waals surface area contributed by atoms with E-state index in [4.69, 9.17) is 9.26 Å². The molecule has 7 nitrogen and oxygen atoms in total. The first-order valence-electron chi connectivity index (χ1n) is 8.40. The molecule has 0 aliphatic carbocycles. The van der Waals surface area contributed by atoms with Gasteiger partial charge in [-0.05, 0) is 19.9 Å². The van der Waals surface area contributed by atoms with Crippen LogP contribution in [-0.2, 0) is 9.59 Å². The second-order valence-corrected chi connectivity index (χ2v) is 7.39. The number of aromatic nitrogens is 1. The molecule has 0 unspecified atom stereocenters. The van der Waals surface area contributed by atoms with Crippen molar-refractivity contribution in [2.45, 2.75) is 31.6 Å². The number of fused-ring (bicyclic) bond motifs is 1. The molecule has 8 heteroatoms. The van der Waals surface area contributed by atoms with E-state index in [-0.39, 0.29) is 28.9 Å². The number of hydrogen-bond donors (Lipinski definition) is 2. The number of carbonyl (C=O) groups excluding carboxylic acids is 2. The van der Waals surface area contributed by atoms with Crippen LogP contribution in [0.4, 0.5) is 5.82 Å². The van der Waals surface area contributed by atoms with E-state index in [2.05, 4.69) is 15.8 Å². The van der Waals surface area contributed by atoms with E-state index in [1.54, 1.807) is 19.9 Å². The summed E-state index contributed by atoms with van der Waals surface area (Å²) in [6, 6.07) is 9.29. The average Bonchev–Trinajstić information content (AvgIpc) is 3.04. The normalized spacial score (nSPS) is 16.9. The minimum atomic E-state index is -0.389. The molecule has 1 aliphatic rings. The number of rotatable bonds is 6. The van der Waals surface area contributed by atoms with Crippen molar-refractivity contribution in [3.8, 4) is 5.75 Å². The van der Waals surface area contributed by atoms with Crippen molar-refractivity contribution in [2.75, 3.05) is 17.7 Å². The Morgan fingerprint density at radius 1 is 1.38 bits per heavy atom. The predicted molar refractivity (Wildman–Crippen MR) is 99.2 cm³/mol. The van der Waals surface area contributed by atoms with Crippen molar-refractivity contribution in [1.82, 2.24) is 10.5 Å². The minimum absolute atomic E-state index is 0.0599. The van der Waals surface area contributed by atoms with E-state index < -0.39 is 0 Å². The van der Waals surface area contributed by atoms with Crippen molar-refractivity contribution in [3.05, 3.63) is 41.7 Å². The number of nitrogens with zero attached hydrogens (tertiary/aromatic N) is 1. The van der Waals surface area contributed by atoms with E-state index in [0.29, 0.717) is 18.2 Å². The van der Waals surface area contributed by atoms with Gasteiger partial charge in [-0.25, -0.2) is 0 Å². The number of para-hydroxylation sites is 1. The number of nitrogens with one attached hydrogen (secondary N) is 2. The Kier molecular flexibility index (Phi) is 5.82. The van der Waals surface area contributed by atoms with Gasteiger partial charge in [-0.2, -0.15) is 0 Å². The van der Waals surface area contributed by atoms with Crippen LogP contribution in [0.2, 0.25) is 0 Å². The van der Waals surface area contributed by atoms with Gasteiger partial charge in [-0.1, -0.05) is 23.4 Å². The van der Waals surface area contributed by atoms with Gasteiger partial charge < -0.3 is 19.9 Å². The maximum absolute atomic E-state index is 12.3. The van der Waals surface area contributed by atoms with Gasteiger partial charge in [0.1, 0.15) is 11.5 Å². The lowest BCUT2D eigenvalue weighted by atomic mass is 10.0. The molecule has 2 N–H and O–H groups in total. The Hall–Kier alpha value is -2.48. The molecule has 2 heterocycles. The third-order valence-electron chi connectivity index (χ3n) is 4.01. The summed E-state index contributed by atoms with van der Waals surface area (Å²) in [5, 5.41) is 9.03. The van der Waals surface area contributed by atoms with Crippen LogP contribution in [0, 0.1) is 6.92 Å². The summed E-state index contributed by atoms with van der Waals surface area (Å²) in [5.41, 5.74) is 0.990. The summed E-state index contributed by atoms with van der Waals surface area (Å²) in [6.45, 7) is 4.08. The Bertz CT molecular complexity index is 792. The monoisotopic (exact) mass is 375 g/mol. The van der Waals surface area contributed by atoms with E-state index in [0.717, 1.165) is 17.7 Å². The van der Waals surface area contributed by atoms with Crippen LogP contribution in [-0.4, -0.2) is 34.6 Å². The van der Waals surface area contributed by atoms with Gasteiger partial charge in [0, 0.05) is 18.1 Å². The van der Waals surface area contributed by atoms with Crippen LogP contribution in [0.15, 0.2) is 34.9 Å². The summed E-state index contributed by atoms with van der Waals surface area (Å²) in [4.78, 5) is 24.4. The molecule has 138 valence electrons. The summed E-state index contributed by atoms with van der Waals surface area (Å²) < 4.78 is 10.5. The lowest BCUT2D eigenvalue weighted by Crippen LogP contribution is -2.34. The molecule has 0 saturated carbocycles. The Morgan fingerprint density at radius 3 is 2.96 bits per heavy atom. The van der Waals surface area contributed by atoms with Crippen LogP contribution in [0.5, 0.6) is 5.75 Å². The van der Waals surface area contributed by atoms with Crippen molar-refractivity contribution in [2.24, 2.45) is 0 Å². The maximum Gasteiger partial charge on any atom is 0.238 e. The first kappa shape index (κ1) is 18.3. The van der Waals surface area contributed by atoms with Gasteiger partial charge in [-0.15, -0.1) is 11.8 Å². The molecule has 0 spiro atoms. The third kappa shape index (κ3) is 4.57. The van der Waals surface area contributed by atoms with Crippen LogP contribution in [0.1, 0.15) is 30.7 Å². The lowest BCUT2D eigenvalue weighted by molar-refractivity contribution is -0.119. The zero-order valence-electron chi connectivity index (χ0n) is 14.7. The lowest BCUT2D eigenvalue weighted by Gasteiger charge is -2.26. The van der Waals surface area contributed by atoms with Crippen molar-refractivity contribution >= 4 is 29.4 Å². The molecule has 1 aliphatic heterocycles. The molecule has 2 amide bonds. The second kappa shape index (κ2) is 8.27. The number of carbonyl (C=O) groups is 2. The van der Waals surface area contributed by atoms with Crippen LogP contribution < -0.4 is 15.4 Å². The van der Waals surface area contributed by atoms with Crippen LogP contribution in [0.3, 0.4) is 0 Å². The Morgan fingerprint density at radius 2 is 2.19 bits per heavy atom. The SMILES string of the molecule is Cc1cc(NC(=O)[C@@H](C)SCC(=O)N[C@@H]2CCOc3ccccc32)no1. The van der Waals surface area contributed by atoms with Gasteiger partial charge in [0.2, 0.25) is 11.8 Å². The number of hydrogen-bond acceptors (Lipinski definition) is 6. The molecule has 0 saturated heterocycles. The van der Waals surface area contributed by atoms with E-state index in [1.807, 2.05) is 24.3 Å². The average molecular weight is 375 g/mol. The summed E-state index contributed by atoms with van der Waals surface area (Å²) in [7, 11) is 0. The van der Waals surface area contributed by atoms with Gasteiger partial charge in [0.05, 0.1) is 23.7 Å². The molecule has 2 aromatic rings. The zero-order chi connectivity index (χ0) is 18.5. The van der Waals surface area contributed by atoms with Crippen molar-refractivity contribution in [1.29, 1.82) is 0 Å². The highest BCUT2D eigenvalue weighted by Crippen LogP contribution is 2.31. The Labute approximate surface area is 155 Å². The second-order valence-electron chi connectivity index (χ2n) is 6.06. The van der Waals surface area contributed by atoms with Gasteiger partial charge in [0.15, 0.2) is 5.82 Å². The van der Waals surface area contributed by atoms with E-state index in [9.17, 15) is 9.59 Å². The van der Waals surface area contributed by atoms with Gasteiger partial charge in [0.25, 0.3) is 0 Å². The quantitative estimate of drug-likeness (QED) is 0.806. The zero-order valence-corrected chi connectivity index (χ0v) is 15.5. The van der Waals surface area contributed by atoms with Gasteiger partial charge in [-0.3, -0.25) is 9.59 Å². The number of thioether (sulfide) groups is 1. The number of aryl methyl sites for hydroxylation is 1. The molecule has 0 fully saturated rings. The minimum Gasteiger partial charge on any atom is -0.493 e. The Balaban J connectivity index is 1.47. The molecule has 0 radical (unpaired) electrons. The molecule has 1 aromatic heterocycles. The number of amides is 2. The highest BCUT2D eigenvalue weighted by atomic mass is 32.2. The van der Waals surface area contributed by atoms with E-state index in [1.165, 1.54) is 11.8 Å². The fourth-order valence-electron chi connectivity index (χ4n) is 2.66. The molecule has 0 bridgehead atoms. The maximum atomic E-state index is 12.3. The standard InChI is InChI=1S/C18H21N3O4S/c1-11-9-16(21-25-11)20-18(23)12(2)26-10-17(22)19-14-7-8-24-15-6-4-3-5-13(14)15/h3-6,9,12,14H,7-8,10H2,1-2H3,(H,19,22)(H,20,21,23)/t12-,14-/m1/s1. The number of ether oxygens (including phenoxy) is 1. The third-order valence-corrected chi connectivity index (χ3v) is 5.15. The molecule has 26 heavy (non-hydrogen) atoms. The first-order chi connectivity index (χ1) is 12.5. The van der Waals surface area contributed by atoms with Crippen LogP contribution in [0.25, 0.3) is 0 Å². The number of benzene rings is 1. The highest BCUT2D eigenvalue weighted by Gasteiger charge is 2.23. The predicted octanol–water partition coefficient (Wildman–Crippen LogP) is 2.68. The highest BCUT2D eigenvalue weighted by molar-refractivity contribution is 8.01. The molecule has 1 aromatic carbocycles. The molecule has 3 rings (SSSR count). The van der Waals surface area contributed by atoms with Crippen LogP contribution >= 0.6 is 11.8 Å². The van der Waals surface area contributed by atoms with Gasteiger partial charge >= 0.3 is 0 Å². The van der Waals surface area contributed by atoms with Crippen molar-refractivity contribution < 1.29 is 18.8 Å². The smallest absolute Gasteiger partial charge is 0.238 e. The largest absolute Gasteiger partial charge is 0.493 e. The fourth-order valence-corrected chi connectivity index (χ4v) is 3.35. The summed E-state index contributed by atoms with van der Waals surface area (Å²) >= 11 is 1.27. The fraction of sp³-hybridized carbons (Fsp3) is 0.389. The summed E-state index contributed by atoms with van der Waals surface area (Å²) in [6.07, 6.45) is 0.731. The molecular weight excluding hydrogens is 354 g/mol. The molecular formula is C18H21N3O4S. The molecule has 2 atom stereocenters. The summed E-state index contributed by atoms with van der Waals surface area (Å²) in [5.74, 6) is 1.69. The number of anilines is 1. The first-order valence-corrected chi connectivity index (χ1v) is 9.44. The topological polar surface area (TPSA) is 93.5 Å².